The number of halogens is 2. The Morgan fingerprint density at radius 2 is 2.11 bits per heavy atom. The van der Waals surface area contributed by atoms with Crippen molar-refractivity contribution in [1.82, 2.24) is 0 Å². The predicted octanol–water partition coefficient (Wildman–Crippen LogP) is 6.84. The molecule has 0 aromatic heterocycles. The molecule has 0 N–H and O–H groups in total. The number of ketones is 1. The molecule has 0 fully saturated rings. The number of hydrogen-bond acceptors (Lipinski definition) is 2. The number of hydrogen-bond donors (Lipinski definition) is 0. The topological polar surface area (TPSA) is 26.3 Å². The molecule has 2 nitrogen and oxygen atoms in total. The first-order chi connectivity index (χ1) is 12.9. The number of allylic oxidation sites excluding steroid dienone is 2. The van der Waals surface area contributed by atoms with Crippen LogP contribution in [-0.2, 0) is 11.2 Å². The van der Waals surface area contributed by atoms with Crippen LogP contribution in [0.5, 0.6) is 5.75 Å². The van der Waals surface area contributed by atoms with Crippen molar-refractivity contribution in [3.05, 3.63) is 68.7 Å². The SMILES string of the molecule is C/C=C(/C(=O)C1COc2ccc(Cl)cc2C1)c1ccc(Br)cc1C(C)CC. The third-order valence-corrected chi connectivity index (χ3v) is 6.03. The maximum atomic E-state index is 13.4. The van der Waals surface area contributed by atoms with Crippen molar-refractivity contribution < 1.29 is 9.53 Å². The van der Waals surface area contributed by atoms with Gasteiger partial charge in [0.15, 0.2) is 5.78 Å². The molecule has 0 spiro atoms. The Hall–Kier alpha value is -1.58. The van der Waals surface area contributed by atoms with Gasteiger partial charge in [0.25, 0.3) is 0 Å². The van der Waals surface area contributed by atoms with E-state index in [1.807, 2.05) is 43.3 Å². The Bertz CT molecular complexity index is 888. The Morgan fingerprint density at radius 3 is 2.81 bits per heavy atom. The quantitative estimate of drug-likeness (QED) is 0.469. The molecule has 0 aliphatic carbocycles. The third-order valence-electron chi connectivity index (χ3n) is 5.30. The lowest BCUT2D eigenvalue weighted by molar-refractivity contribution is -0.118. The molecule has 2 aromatic rings. The Kier molecular flexibility index (Phi) is 6.44. The average Bonchev–Trinajstić information content (AvgIpc) is 2.68. The number of rotatable bonds is 5. The molecule has 0 amide bonds. The zero-order chi connectivity index (χ0) is 19.6. The summed E-state index contributed by atoms with van der Waals surface area (Å²) in [7, 11) is 0. The predicted molar refractivity (Wildman–Crippen MR) is 116 cm³/mol. The molecular formula is C23H24BrClO2. The maximum Gasteiger partial charge on any atom is 0.169 e. The van der Waals surface area contributed by atoms with E-state index in [9.17, 15) is 4.79 Å². The van der Waals surface area contributed by atoms with Gasteiger partial charge in [-0.25, -0.2) is 0 Å². The number of benzene rings is 2. The van der Waals surface area contributed by atoms with Gasteiger partial charge in [-0.2, -0.15) is 0 Å². The fourth-order valence-electron chi connectivity index (χ4n) is 3.59. The fourth-order valence-corrected chi connectivity index (χ4v) is 4.16. The lowest BCUT2D eigenvalue weighted by Gasteiger charge is -2.26. The molecule has 4 heteroatoms. The van der Waals surface area contributed by atoms with Crippen LogP contribution in [0.2, 0.25) is 5.02 Å². The first kappa shape index (κ1) is 20.2. The van der Waals surface area contributed by atoms with E-state index in [4.69, 9.17) is 16.3 Å². The molecule has 1 heterocycles. The van der Waals surface area contributed by atoms with Gasteiger partial charge in [0, 0.05) is 15.1 Å². The summed E-state index contributed by atoms with van der Waals surface area (Å²) in [6.07, 6.45) is 3.61. The number of fused-ring (bicyclic) bond motifs is 1. The van der Waals surface area contributed by atoms with Crippen LogP contribution in [-0.4, -0.2) is 12.4 Å². The monoisotopic (exact) mass is 446 g/mol. The van der Waals surface area contributed by atoms with E-state index >= 15 is 0 Å². The highest BCUT2D eigenvalue weighted by molar-refractivity contribution is 9.10. The summed E-state index contributed by atoms with van der Waals surface area (Å²) < 4.78 is 6.88. The lowest BCUT2D eigenvalue weighted by atomic mass is 9.83. The van der Waals surface area contributed by atoms with Gasteiger partial charge in [0.05, 0.1) is 12.5 Å². The van der Waals surface area contributed by atoms with E-state index in [2.05, 4.69) is 35.8 Å². The molecule has 2 aromatic carbocycles. The number of carbonyl (C=O) groups is 1. The molecule has 0 radical (unpaired) electrons. The molecule has 0 saturated heterocycles. The average molecular weight is 448 g/mol. The van der Waals surface area contributed by atoms with Gasteiger partial charge < -0.3 is 4.74 Å². The molecule has 27 heavy (non-hydrogen) atoms. The Balaban J connectivity index is 1.92. The second kappa shape index (κ2) is 8.62. The maximum absolute atomic E-state index is 13.4. The van der Waals surface area contributed by atoms with E-state index in [0.29, 0.717) is 24.0 Å². The summed E-state index contributed by atoms with van der Waals surface area (Å²) in [6.45, 7) is 6.71. The minimum absolute atomic E-state index is 0.134. The van der Waals surface area contributed by atoms with Crippen LogP contribution in [0.4, 0.5) is 0 Å². The second-order valence-corrected chi connectivity index (χ2v) is 8.42. The lowest BCUT2D eigenvalue weighted by Crippen LogP contribution is -2.29. The third kappa shape index (κ3) is 4.30. The van der Waals surface area contributed by atoms with Gasteiger partial charge in [-0.15, -0.1) is 0 Å². The van der Waals surface area contributed by atoms with E-state index in [-0.39, 0.29) is 11.7 Å². The number of ether oxygens (including phenoxy) is 1. The number of carbonyl (C=O) groups excluding carboxylic acids is 1. The van der Waals surface area contributed by atoms with Crippen LogP contribution in [0, 0.1) is 5.92 Å². The summed E-state index contributed by atoms with van der Waals surface area (Å²) >= 11 is 9.69. The van der Waals surface area contributed by atoms with Crippen LogP contribution in [0.25, 0.3) is 5.57 Å². The second-order valence-electron chi connectivity index (χ2n) is 7.07. The molecule has 142 valence electrons. The van der Waals surface area contributed by atoms with Crippen molar-refractivity contribution in [2.75, 3.05) is 6.61 Å². The molecule has 1 aliphatic heterocycles. The zero-order valence-corrected chi connectivity index (χ0v) is 18.2. The molecule has 0 bridgehead atoms. The van der Waals surface area contributed by atoms with Gasteiger partial charge in [-0.3, -0.25) is 4.79 Å². The normalized spacial score (nSPS) is 17.8. The fraction of sp³-hybridized carbons (Fsp3) is 0.348. The summed E-state index contributed by atoms with van der Waals surface area (Å²) in [4.78, 5) is 13.4. The molecular weight excluding hydrogens is 424 g/mol. The first-order valence-electron chi connectivity index (χ1n) is 9.36. The summed E-state index contributed by atoms with van der Waals surface area (Å²) in [5.41, 5.74) is 4.00. The van der Waals surface area contributed by atoms with Gasteiger partial charge in [0.1, 0.15) is 5.75 Å². The van der Waals surface area contributed by atoms with Gasteiger partial charge in [0.2, 0.25) is 0 Å². The minimum Gasteiger partial charge on any atom is -0.493 e. The Morgan fingerprint density at radius 1 is 1.33 bits per heavy atom. The highest BCUT2D eigenvalue weighted by atomic mass is 79.9. The van der Waals surface area contributed by atoms with Crippen molar-refractivity contribution in [2.45, 2.75) is 39.5 Å². The molecule has 2 atom stereocenters. The van der Waals surface area contributed by atoms with E-state index in [1.54, 1.807) is 0 Å². The van der Waals surface area contributed by atoms with Crippen molar-refractivity contribution in [3.63, 3.8) is 0 Å². The smallest absolute Gasteiger partial charge is 0.169 e. The van der Waals surface area contributed by atoms with Gasteiger partial charge in [-0.1, -0.05) is 53.5 Å². The summed E-state index contributed by atoms with van der Waals surface area (Å²) in [5, 5.41) is 0.670. The van der Waals surface area contributed by atoms with Gasteiger partial charge >= 0.3 is 0 Å². The molecule has 2 unspecified atom stereocenters. The first-order valence-corrected chi connectivity index (χ1v) is 10.5. The van der Waals surface area contributed by atoms with Crippen molar-refractivity contribution >= 4 is 38.9 Å². The minimum atomic E-state index is -0.199. The van der Waals surface area contributed by atoms with Crippen LogP contribution >= 0.6 is 27.5 Å². The standard InChI is InChI=1S/C23H24BrClO2/c1-4-14(3)21-12-17(24)6-8-20(21)19(5-2)23(26)16-10-15-11-18(25)7-9-22(15)27-13-16/h5-9,11-12,14,16H,4,10,13H2,1-3H3/b19-5+. The zero-order valence-electron chi connectivity index (χ0n) is 15.9. The molecule has 1 aliphatic rings. The molecule has 0 saturated carbocycles. The van der Waals surface area contributed by atoms with Crippen molar-refractivity contribution in [3.8, 4) is 5.75 Å². The Labute approximate surface area is 174 Å². The van der Waals surface area contributed by atoms with Crippen LogP contribution in [0.15, 0.2) is 46.9 Å². The summed E-state index contributed by atoms with van der Waals surface area (Å²) in [5.74, 6) is 1.14. The van der Waals surface area contributed by atoms with Crippen LogP contribution in [0.3, 0.4) is 0 Å². The van der Waals surface area contributed by atoms with E-state index < -0.39 is 0 Å². The van der Waals surface area contributed by atoms with Crippen molar-refractivity contribution in [2.24, 2.45) is 5.92 Å². The van der Waals surface area contributed by atoms with Crippen LogP contribution in [0.1, 0.15) is 49.8 Å². The number of Topliss-reactive ketones (excluding diaryl/α,β-unsaturated/α-hetero) is 1. The van der Waals surface area contributed by atoms with Crippen molar-refractivity contribution in [1.29, 1.82) is 0 Å². The largest absolute Gasteiger partial charge is 0.493 e. The molecule has 3 rings (SSSR count). The van der Waals surface area contributed by atoms with Gasteiger partial charge in [-0.05, 0) is 72.7 Å². The van der Waals surface area contributed by atoms with Crippen LogP contribution < -0.4 is 4.74 Å². The summed E-state index contributed by atoms with van der Waals surface area (Å²) in [6, 6.07) is 11.8. The van der Waals surface area contributed by atoms with E-state index in [1.165, 1.54) is 5.56 Å². The highest BCUT2D eigenvalue weighted by Gasteiger charge is 2.29. The highest BCUT2D eigenvalue weighted by Crippen LogP contribution is 2.35. The van der Waals surface area contributed by atoms with E-state index in [0.717, 1.165) is 33.3 Å².